The van der Waals surface area contributed by atoms with Crippen molar-refractivity contribution in [3.63, 3.8) is 0 Å². The van der Waals surface area contributed by atoms with Crippen LogP contribution in [-0.4, -0.2) is 4.98 Å². The summed E-state index contributed by atoms with van der Waals surface area (Å²) in [4.78, 5) is 4.33. The molecule has 0 N–H and O–H groups in total. The SMILES string of the molecule is CC.CC.Cc1ccccc1.Cc1nc(C(C)C)cs1. The van der Waals surface area contributed by atoms with Gasteiger partial charge in [0.1, 0.15) is 0 Å². The van der Waals surface area contributed by atoms with Crippen LogP contribution in [0.3, 0.4) is 0 Å². The summed E-state index contributed by atoms with van der Waals surface area (Å²) in [6, 6.07) is 10.3. The number of hydrogen-bond donors (Lipinski definition) is 0. The van der Waals surface area contributed by atoms with Crippen molar-refractivity contribution in [2.75, 3.05) is 0 Å². The molecule has 0 atom stereocenters. The maximum atomic E-state index is 4.33. The van der Waals surface area contributed by atoms with E-state index in [1.54, 1.807) is 11.3 Å². The van der Waals surface area contributed by atoms with Gasteiger partial charge in [-0.05, 0) is 19.8 Å². The van der Waals surface area contributed by atoms with Crippen LogP contribution in [-0.2, 0) is 0 Å². The van der Waals surface area contributed by atoms with E-state index in [9.17, 15) is 0 Å². The standard InChI is InChI=1S/C7H11NS.C7H8.2C2H6/c1-5(2)7-4-9-6(3)8-7;1-7-5-3-2-4-6-7;2*1-2/h4-5H,1-3H3;2-6H,1H3;2*1-2H3. The lowest BCUT2D eigenvalue weighted by atomic mass is 10.2. The van der Waals surface area contributed by atoms with Crippen LogP contribution >= 0.6 is 11.3 Å². The molecule has 0 aliphatic carbocycles. The first-order valence-corrected chi connectivity index (χ1v) is 8.41. The molecule has 0 fully saturated rings. The Bertz CT molecular complexity index is 404. The molecule has 2 rings (SSSR count). The first-order valence-electron chi connectivity index (χ1n) is 7.53. The Hall–Kier alpha value is -1.15. The van der Waals surface area contributed by atoms with E-state index in [2.05, 4.69) is 43.3 Å². The van der Waals surface area contributed by atoms with E-state index < -0.39 is 0 Å². The second-order valence-electron chi connectivity index (χ2n) is 4.10. The van der Waals surface area contributed by atoms with Gasteiger partial charge in [-0.3, -0.25) is 0 Å². The Morgan fingerprint density at radius 1 is 0.900 bits per heavy atom. The predicted molar refractivity (Wildman–Crippen MR) is 94.8 cm³/mol. The number of benzene rings is 1. The van der Waals surface area contributed by atoms with E-state index >= 15 is 0 Å². The van der Waals surface area contributed by atoms with Crippen LogP contribution in [0.1, 0.15) is 63.7 Å². The molecule has 2 aromatic rings. The number of rotatable bonds is 1. The lowest BCUT2D eigenvalue weighted by molar-refractivity contribution is 0.829. The van der Waals surface area contributed by atoms with E-state index in [4.69, 9.17) is 0 Å². The van der Waals surface area contributed by atoms with Crippen molar-refractivity contribution in [2.24, 2.45) is 0 Å². The minimum absolute atomic E-state index is 0.579. The van der Waals surface area contributed by atoms with Crippen molar-refractivity contribution in [1.29, 1.82) is 0 Å². The molecule has 0 saturated carbocycles. The van der Waals surface area contributed by atoms with Crippen molar-refractivity contribution < 1.29 is 0 Å². The van der Waals surface area contributed by atoms with E-state index in [1.807, 2.05) is 52.8 Å². The minimum atomic E-state index is 0.579. The molecule has 0 saturated heterocycles. The fourth-order valence-corrected chi connectivity index (χ4v) is 1.95. The third-order valence-corrected chi connectivity index (χ3v) is 2.96. The largest absolute Gasteiger partial charge is 0.246 e. The lowest BCUT2D eigenvalue weighted by Crippen LogP contribution is -1.85. The summed E-state index contributed by atoms with van der Waals surface area (Å²) in [6.45, 7) is 16.4. The molecule has 20 heavy (non-hydrogen) atoms. The molecule has 0 amide bonds. The predicted octanol–water partition coefficient (Wildman–Crippen LogP) is 6.62. The Morgan fingerprint density at radius 3 is 1.60 bits per heavy atom. The molecular weight excluding hydrogens is 262 g/mol. The minimum Gasteiger partial charge on any atom is -0.246 e. The zero-order chi connectivity index (χ0) is 16.0. The number of thiazole rings is 1. The fraction of sp³-hybridized carbons (Fsp3) is 0.500. The Balaban J connectivity index is 0. The summed E-state index contributed by atoms with van der Waals surface area (Å²) in [6.07, 6.45) is 0. The lowest BCUT2D eigenvalue weighted by Gasteiger charge is -1.95. The van der Waals surface area contributed by atoms with E-state index in [0.29, 0.717) is 5.92 Å². The van der Waals surface area contributed by atoms with Gasteiger partial charge in [0.05, 0.1) is 10.7 Å². The Morgan fingerprint density at radius 2 is 1.40 bits per heavy atom. The van der Waals surface area contributed by atoms with Gasteiger partial charge in [0.25, 0.3) is 0 Å². The maximum Gasteiger partial charge on any atom is 0.0897 e. The first-order chi connectivity index (χ1) is 9.59. The van der Waals surface area contributed by atoms with Gasteiger partial charge in [-0.1, -0.05) is 77.4 Å². The van der Waals surface area contributed by atoms with Crippen LogP contribution < -0.4 is 0 Å². The second-order valence-corrected chi connectivity index (χ2v) is 5.16. The van der Waals surface area contributed by atoms with Gasteiger partial charge in [0.2, 0.25) is 0 Å². The van der Waals surface area contributed by atoms with E-state index in [0.717, 1.165) is 0 Å². The number of aryl methyl sites for hydroxylation is 2. The molecule has 1 aromatic carbocycles. The summed E-state index contributed by atoms with van der Waals surface area (Å²) < 4.78 is 0. The van der Waals surface area contributed by atoms with Gasteiger partial charge in [-0.2, -0.15) is 0 Å². The summed E-state index contributed by atoms with van der Waals surface area (Å²) in [5.41, 5.74) is 2.54. The fourth-order valence-electron chi connectivity index (χ4n) is 1.18. The highest BCUT2D eigenvalue weighted by molar-refractivity contribution is 7.09. The number of hydrogen-bond acceptors (Lipinski definition) is 2. The van der Waals surface area contributed by atoms with Crippen LogP contribution in [0, 0.1) is 13.8 Å². The molecule has 0 bridgehead atoms. The molecule has 0 radical (unpaired) electrons. The smallest absolute Gasteiger partial charge is 0.0897 e. The average molecular weight is 294 g/mol. The maximum absolute atomic E-state index is 4.33. The highest BCUT2D eigenvalue weighted by atomic mass is 32.1. The topological polar surface area (TPSA) is 12.9 Å². The van der Waals surface area contributed by atoms with Crippen LogP contribution in [0.5, 0.6) is 0 Å². The van der Waals surface area contributed by atoms with Gasteiger partial charge in [-0.15, -0.1) is 11.3 Å². The monoisotopic (exact) mass is 293 g/mol. The second kappa shape index (κ2) is 14.3. The zero-order valence-electron chi connectivity index (χ0n) is 14.4. The molecule has 0 aliphatic heterocycles. The molecule has 0 unspecified atom stereocenters. The number of aromatic nitrogens is 1. The summed E-state index contributed by atoms with van der Waals surface area (Å²) in [7, 11) is 0. The molecule has 0 aliphatic rings. The summed E-state index contributed by atoms with van der Waals surface area (Å²) >= 11 is 1.72. The quantitative estimate of drug-likeness (QED) is 0.575. The Kier molecular flexibility index (Phi) is 15.1. The van der Waals surface area contributed by atoms with E-state index in [-0.39, 0.29) is 0 Å². The molecule has 1 heterocycles. The van der Waals surface area contributed by atoms with Crippen LogP contribution in [0.25, 0.3) is 0 Å². The van der Waals surface area contributed by atoms with Gasteiger partial charge in [0, 0.05) is 5.38 Å². The molecule has 0 spiro atoms. The molecule has 2 heteroatoms. The van der Waals surface area contributed by atoms with Gasteiger partial charge >= 0.3 is 0 Å². The molecule has 1 nitrogen and oxygen atoms in total. The third-order valence-electron chi connectivity index (χ3n) is 2.17. The van der Waals surface area contributed by atoms with Gasteiger partial charge in [-0.25, -0.2) is 4.98 Å². The van der Waals surface area contributed by atoms with Crippen LogP contribution in [0.15, 0.2) is 35.7 Å². The molecule has 1 aromatic heterocycles. The summed E-state index contributed by atoms with van der Waals surface area (Å²) in [5, 5.41) is 3.29. The molecular formula is C18H31NS. The van der Waals surface area contributed by atoms with E-state index in [1.165, 1.54) is 16.3 Å². The van der Waals surface area contributed by atoms with Gasteiger partial charge in [0.15, 0.2) is 0 Å². The Labute approximate surface area is 130 Å². The van der Waals surface area contributed by atoms with Crippen LogP contribution in [0.2, 0.25) is 0 Å². The number of nitrogens with zero attached hydrogens (tertiary/aromatic N) is 1. The third kappa shape index (κ3) is 10.7. The van der Waals surface area contributed by atoms with Crippen LogP contribution in [0.4, 0.5) is 0 Å². The van der Waals surface area contributed by atoms with Crippen molar-refractivity contribution in [2.45, 2.75) is 61.3 Å². The zero-order valence-corrected chi connectivity index (χ0v) is 15.2. The average Bonchev–Trinajstić information content (AvgIpc) is 2.92. The highest BCUT2D eigenvalue weighted by Crippen LogP contribution is 2.16. The van der Waals surface area contributed by atoms with Crippen molar-refractivity contribution in [3.8, 4) is 0 Å². The summed E-state index contributed by atoms with van der Waals surface area (Å²) in [5.74, 6) is 0.579. The van der Waals surface area contributed by atoms with Crippen molar-refractivity contribution in [3.05, 3.63) is 52.0 Å². The van der Waals surface area contributed by atoms with Crippen molar-refractivity contribution in [1.82, 2.24) is 4.98 Å². The molecule has 114 valence electrons. The first kappa shape index (κ1) is 21.2. The highest BCUT2D eigenvalue weighted by Gasteiger charge is 2.00. The van der Waals surface area contributed by atoms with Crippen molar-refractivity contribution >= 4 is 11.3 Å². The van der Waals surface area contributed by atoms with Gasteiger partial charge < -0.3 is 0 Å². The normalized spacial score (nSPS) is 8.45.